The van der Waals surface area contributed by atoms with Gasteiger partial charge in [0.05, 0.1) is 34.5 Å². The molecule has 1 aromatic carbocycles. The monoisotopic (exact) mass is 486 g/mol. The summed E-state index contributed by atoms with van der Waals surface area (Å²) in [5.41, 5.74) is -0.0181. The standard InChI is InChI=1S/C23H25F3N8O/c1-4-32-34(28-3)19-8-7-16(11-27)10-18(19)21(35)33-9-5-6-15(2)20(33)14-31-22-29-12-17(13-30-22)23(24,25)26/h4,7-8,10,12-13,15,20H,3,5-6,9,14H2,1-2H3,(H,29,30,31)/b32-4-/t15-,20-/m1/s1. The Hall–Kier alpha value is -4.01. The van der Waals surface area contributed by atoms with Crippen LogP contribution in [0.4, 0.5) is 24.8 Å². The lowest BCUT2D eigenvalue weighted by atomic mass is 9.90. The normalized spacial score (nSPS) is 18.2. The Morgan fingerprint density at radius 3 is 2.71 bits per heavy atom. The van der Waals surface area contributed by atoms with Crippen molar-refractivity contribution in [3.8, 4) is 6.07 Å². The van der Waals surface area contributed by atoms with Crippen LogP contribution in [0, 0.1) is 17.2 Å². The van der Waals surface area contributed by atoms with Crippen molar-refractivity contribution in [1.29, 1.82) is 5.26 Å². The van der Waals surface area contributed by atoms with Gasteiger partial charge in [-0.2, -0.15) is 33.8 Å². The van der Waals surface area contributed by atoms with Gasteiger partial charge in [0, 0.05) is 38.4 Å². The molecule has 0 saturated carbocycles. The first-order valence-corrected chi connectivity index (χ1v) is 10.9. The van der Waals surface area contributed by atoms with Crippen LogP contribution >= 0.6 is 0 Å². The lowest BCUT2D eigenvalue weighted by Gasteiger charge is -2.40. The minimum Gasteiger partial charge on any atom is -0.352 e. The van der Waals surface area contributed by atoms with Crippen molar-refractivity contribution in [2.75, 3.05) is 23.5 Å². The van der Waals surface area contributed by atoms with Crippen LogP contribution in [0.3, 0.4) is 0 Å². The summed E-state index contributed by atoms with van der Waals surface area (Å²) >= 11 is 0. The van der Waals surface area contributed by atoms with Crippen LogP contribution in [0.25, 0.3) is 0 Å². The van der Waals surface area contributed by atoms with Crippen LogP contribution in [-0.4, -0.2) is 52.8 Å². The van der Waals surface area contributed by atoms with Gasteiger partial charge in [-0.25, -0.2) is 9.97 Å². The van der Waals surface area contributed by atoms with Crippen LogP contribution in [0.2, 0.25) is 0 Å². The van der Waals surface area contributed by atoms with Gasteiger partial charge in [0.1, 0.15) is 0 Å². The van der Waals surface area contributed by atoms with Gasteiger partial charge in [-0.15, -0.1) is 0 Å². The molecule has 1 aromatic heterocycles. The molecular formula is C23H25F3N8O. The number of aromatic nitrogens is 2. The molecular weight excluding hydrogens is 461 g/mol. The molecule has 2 heterocycles. The zero-order chi connectivity index (χ0) is 25.6. The summed E-state index contributed by atoms with van der Waals surface area (Å²) in [5, 5.41) is 21.5. The number of nitrogens with one attached hydrogen (secondary N) is 1. The molecule has 1 amide bonds. The van der Waals surface area contributed by atoms with E-state index in [1.807, 2.05) is 13.0 Å². The number of rotatable bonds is 7. The highest BCUT2D eigenvalue weighted by Gasteiger charge is 2.34. The maximum absolute atomic E-state index is 13.7. The molecule has 9 nitrogen and oxygen atoms in total. The van der Waals surface area contributed by atoms with Crippen molar-refractivity contribution in [3.63, 3.8) is 0 Å². The summed E-state index contributed by atoms with van der Waals surface area (Å²) in [6, 6.07) is 6.39. The second-order valence-corrected chi connectivity index (χ2v) is 8.01. The van der Waals surface area contributed by atoms with Crippen LogP contribution in [0.1, 0.15) is 48.2 Å². The fraction of sp³-hybridized carbons (Fsp3) is 0.391. The second kappa shape index (κ2) is 10.9. The lowest BCUT2D eigenvalue weighted by Crippen LogP contribution is -2.51. The predicted octanol–water partition coefficient (Wildman–Crippen LogP) is 4.15. The number of hydrogen-bond donors (Lipinski definition) is 1. The fourth-order valence-corrected chi connectivity index (χ4v) is 3.96. The number of piperidine rings is 1. The fourth-order valence-electron chi connectivity index (χ4n) is 3.96. The van der Waals surface area contributed by atoms with Crippen LogP contribution in [0.15, 0.2) is 40.8 Å². The number of likely N-dealkylation sites (tertiary alicyclic amines) is 1. The third-order valence-corrected chi connectivity index (χ3v) is 5.76. The SMILES string of the molecule is C=NN(/N=C\C)c1ccc(C#N)cc1C(=O)N1CCC[C@@H](C)[C@H]1CNc1ncc(C(F)(F)F)cn1. The number of alkyl halides is 3. The zero-order valence-electron chi connectivity index (χ0n) is 19.3. The van der Waals surface area contributed by atoms with Gasteiger partial charge in [0.15, 0.2) is 0 Å². The molecule has 1 aliphatic heterocycles. The lowest BCUT2D eigenvalue weighted by molar-refractivity contribution is -0.138. The number of benzene rings is 1. The first-order valence-electron chi connectivity index (χ1n) is 10.9. The average Bonchev–Trinajstić information content (AvgIpc) is 2.85. The zero-order valence-corrected chi connectivity index (χ0v) is 19.3. The van der Waals surface area contributed by atoms with Gasteiger partial charge in [0.2, 0.25) is 5.95 Å². The Morgan fingerprint density at radius 2 is 2.11 bits per heavy atom. The van der Waals surface area contributed by atoms with Gasteiger partial charge in [0.25, 0.3) is 5.91 Å². The molecule has 0 bridgehead atoms. The number of nitriles is 1. The highest BCUT2D eigenvalue weighted by atomic mass is 19.4. The maximum Gasteiger partial charge on any atom is 0.419 e. The smallest absolute Gasteiger partial charge is 0.352 e. The summed E-state index contributed by atoms with van der Waals surface area (Å²) in [6.45, 7) is 7.91. The van der Waals surface area contributed by atoms with E-state index in [4.69, 9.17) is 0 Å². The number of halogens is 3. The van der Waals surface area contributed by atoms with Crippen molar-refractivity contribution in [2.45, 2.75) is 38.9 Å². The van der Waals surface area contributed by atoms with Crippen LogP contribution in [-0.2, 0) is 6.18 Å². The summed E-state index contributed by atoms with van der Waals surface area (Å²) in [6.07, 6.45) is 0.0619. The Morgan fingerprint density at radius 1 is 1.40 bits per heavy atom. The first kappa shape index (κ1) is 25.6. The minimum atomic E-state index is -4.52. The highest BCUT2D eigenvalue weighted by Crippen LogP contribution is 2.30. The van der Waals surface area contributed by atoms with Crippen molar-refractivity contribution in [3.05, 3.63) is 47.3 Å². The Labute approximate surface area is 201 Å². The van der Waals surface area contributed by atoms with Crippen LogP contribution < -0.4 is 10.4 Å². The average molecular weight is 487 g/mol. The summed E-state index contributed by atoms with van der Waals surface area (Å²) in [7, 11) is 0. The molecule has 0 aliphatic carbocycles. The quantitative estimate of drug-likeness (QED) is 0.465. The van der Waals surface area contributed by atoms with Gasteiger partial charge >= 0.3 is 6.18 Å². The van der Waals surface area contributed by atoms with E-state index < -0.39 is 11.7 Å². The first-order chi connectivity index (χ1) is 16.7. The molecule has 2 atom stereocenters. The molecule has 0 spiro atoms. The van der Waals surface area contributed by atoms with E-state index in [0.29, 0.717) is 30.2 Å². The summed E-state index contributed by atoms with van der Waals surface area (Å²) in [5.74, 6) is -0.182. The largest absolute Gasteiger partial charge is 0.419 e. The van der Waals surface area contributed by atoms with Gasteiger partial charge in [-0.05, 0) is 43.9 Å². The van der Waals surface area contributed by atoms with E-state index in [9.17, 15) is 23.2 Å². The molecule has 2 aromatic rings. The van der Waals surface area contributed by atoms with E-state index in [-0.39, 0.29) is 35.9 Å². The van der Waals surface area contributed by atoms with Gasteiger partial charge < -0.3 is 10.2 Å². The molecule has 12 heteroatoms. The molecule has 1 N–H and O–H groups in total. The number of carbonyl (C=O) groups excluding carboxylic acids is 1. The topological polar surface area (TPSA) is 110 Å². The molecule has 1 aliphatic rings. The molecule has 0 radical (unpaired) electrons. The number of anilines is 2. The number of nitrogens with zero attached hydrogens (tertiary/aromatic N) is 7. The Kier molecular flexibility index (Phi) is 8.01. The van der Waals surface area contributed by atoms with Crippen molar-refractivity contribution in [1.82, 2.24) is 14.9 Å². The Bertz CT molecular complexity index is 1130. The van der Waals surface area contributed by atoms with E-state index in [0.717, 1.165) is 12.8 Å². The summed E-state index contributed by atoms with van der Waals surface area (Å²) in [4.78, 5) is 22.9. The maximum atomic E-state index is 13.7. The third-order valence-electron chi connectivity index (χ3n) is 5.76. The third kappa shape index (κ3) is 5.92. The molecule has 1 fully saturated rings. The second-order valence-electron chi connectivity index (χ2n) is 8.01. The van der Waals surface area contributed by atoms with E-state index in [1.54, 1.807) is 24.0 Å². The van der Waals surface area contributed by atoms with E-state index in [2.05, 4.69) is 32.2 Å². The number of hydrogen-bond acceptors (Lipinski definition) is 8. The van der Waals surface area contributed by atoms with Gasteiger partial charge in [-0.1, -0.05) is 6.92 Å². The summed E-state index contributed by atoms with van der Waals surface area (Å²) < 4.78 is 38.3. The number of amides is 1. The highest BCUT2D eigenvalue weighted by molar-refractivity contribution is 6.00. The number of carbonyl (C=O) groups is 1. The molecule has 1 saturated heterocycles. The van der Waals surface area contributed by atoms with Crippen molar-refractivity contribution in [2.24, 2.45) is 16.1 Å². The Balaban J connectivity index is 1.87. The predicted molar refractivity (Wildman–Crippen MR) is 126 cm³/mol. The molecule has 3 rings (SSSR count). The van der Waals surface area contributed by atoms with E-state index in [1.165, 1.54) is 17.4 Å². The van der Waals surface area contributed by atoms with Crippen molar-refractivity contribution < 1.29 is 18.0 Å². The van der Waals surface area contributed by atoms with Crippen molar-refractivity contribution >= 4 is 30.5 Å². The molecule has 184 valence electrons. The minimum absolute atomic E-state index is 0.0367. The molecule has 0 unspecified atom stereocenters. The van der Waals surface area contributed by atoms with Gasteiger partial charge in [-0.3, -0.25) is 4.79 Å². The molecule has 35 heavy (non-hydrogen) atoms. The number of hydrazone groups is 2. The van der Waals surface area contributed by atoms with Crippen LogP contribution in [0.5, 0.6) is 0 Å². The van der Waals surface area contributed by atoms with E-state index >= 15 is 0 Å².